The van der Waals surface area contributed by atoms with E-state index < -0.39 is 67.9 Å². The van der Waals surface area contributed by atoms with Crippen molar-refractivity contribution in [3.8, 4) is 0 Å². The molecular formula is C46H52BO12. The maximum atomic E-state index is 10.3. The van der Waals surface area contributed by atoms with Crippen molar-refractivity contribution < 1.29 is 57.6 Å². The molecule has 4 aromatic carbocycles. The average Bonchev–Trinajstić information content (AvgIpc) is 3.28. The zero-order valence-corrected chi connectivity index (χ0v) is 32.8. The molecule has 4 aliphatic rings. The van der Waals surface area contributed by atoms with Crippen LogP contribution in [0.2, 0.25) is 0 Å². The molecule has 0 amide bonds. The molecule has 59 heavy (non-hydrogen) atoms. The van der Waals surface area contributed by atoms with Crippen LogP contribution in [0.1, 0.15) is 34.8 Å². The van der Waals surface area contributed by atoms with Gasteiger partial charge in [0, 0.05) is 19.5 Å². The highest BCUT2D eigenvalue weighted by molar-refractivity contribution is 5.75. The highest BCUT2D eigenvalue weighted by atomic mass is 16.8. The third-order valence-electron chi connectivity index (χ3n) is 10.1. The van der Waals surface area contributed by atoms with Gasteiger partial charge in [0.05, 0.1) is 39.6 Å². The Bertz CT molecular complexity index is 1810. The number of ether oxygens (including phenoxy) is 10. The molecule has 12 atom stereocenters. The lowest BCUT2D eigenvalue weighted by molar-refractivity contribution is -0.371. The molecule has 0 aliphatic carbocycles. The number of rotatable bonds is 14. The Morgan fingerprint density at radius 1 is 0.508 bits per heavy atom. The van der Waals surface area contributed by atoms with Crippen molar-refractivity contribution in [2.45, 2.75) is 87.2 Å². The monoisotopic (exact) mass is 807 g/mol. The van der Waals surface area contributed by atoms with Crippen molar-refractivity contribution in [1.82, 2.24) is 0 Å². The maximum absolute atomic E-state index is 10.3. The third-order valence-corrected chi connectivity index (χ3v) is 10.1. The van der Waals surface area contributed by atoms with Gasteiger partial charge in [0.2, 0.25) is 0 Å². The van der Waals surface area contributed by atoms with E-state index >= 15 is 0 Å². The van der Waals surface area contributed by atoms with E-state index in [1.165, 1.54) is 0 Å². The Balaban J connectivity index is 0.000000218. The Labute approximate surface area is 347 Å². The maximum Gasteiger partial charge on any atom is 0.187 e. The highest BCUT2D eigenvalue weighted by Gasteiger charge is 2.52. The van der Waals surface area contributed by atoms with E-state index in [2.05, 4.69) is 13.2 Å². The van der Waals surface area contributed by atoms with Gasteiger partial charge in [-0.3, -0.25) is 0 Å². The zero-order valence-electron chi connectivity index (χ0n) is 32.8. The fourth-order valence-corrected chi connectivity index (χ4v) is 7.18. The van der Waals surface area contributed by atoms with Crippen LogP contribution >= 0.6 is 0 Å². The van der Waals surface area contributed by atoms with E-state index in [1.54, 1.807) is 12.2 Å². The van der Waals surface area contributed by atoms with Gasteiger partial charge >= 0.3 is 0 Å². The molecule has 0 spiro atoms. The van der Waals surface area contributed by atoms with Crippen LogP contribution in [0.5, 0.6) is 0 Å². The Morgan fingerprint density at radius 3 is 1.44 bits per heavy atom. The van der Waals surface area contributed by atoms with Crippen molar-refractivity contribution in [3.63, 3.8) is 0 Å². The number of fused-ring (bicyclic) bond motifs is 2. The normalized spacial score (nSPS) is 31.2. The molecule has 4 aliphatic heterocycles. The van der Waals surface area contributed by atoms with E-state index in [0.717, 1.165) is 22.3 Å². The minimum absolute atomic E-state index is 0. The summed E-state index contributed by atoms with van der Waals surface area (Å²) in [5, 5.41) is 20.4. The number of aliphatic hydroxyl groups is 2. The largest absolute Gasteiger partial charge is 0.387 e. The quantitative estimate of drug-likeness (QED) is 0.122. The van der Waals surface area contributed by atoms with Crippen LogP contribution < -0.4 is 0 Å². The lowest BCUT2D eigenvalue weighted by Crippen LogP contribution is -2.63. The van der Waals surface area contributed by atoms with Gasteiger partial charge in [-0.25, -0.2) is 0 Å². The molecule has 4 aromatic rings. The van der Waals surface area contributed by atoms with Crippen LogP contribution in [0.25, 0.3) is 0 Å². The van der Waals surface area contributed by atoms with Crippen LogP contribution in [-0.4, -0.2) is 106 Å². The lowest BCUT2D eigenvalue weighted by atomic mass is 9.97. The lowest BCUT2D eigenvalue weighted by Gasteiger charge is -2.48. The van der Waals surface area contributed by atoms with E-state index in [4.69, 9.17) is 47.4 Å². The van der Waals surface area contributed by atoms with Gasteiger partial charge in [-0.15, -0.1) is 13.2 Å². The molecule has 2 unspecified atom stereocenters. The van der Waals surface area contributed by atoms with Crippen molar-refractivity contribution in [2.24, 2.45) is 0 Å². The van der Waals surface area contributed by atoms with Crippen LogP contribution in [0, 0.1) is 0 Å². The van der Waals surface area contributed by atoms with Crippen molar-refractivity contribution in [2.75, 3.05) is 26.4 Å². The SMILES string of the molecule is C=CCO[C@H]1O[C@@H]2COC(c3ccccc3)O[C@H]2[C@H](O)[C@H]1O.C=CCO[C@H]1O[C@@H]2COC(c3ccccc3)O[C@H]2[C@H](OCc2ccccc2)[C@H]1OCc1ccccc1.[B]. The van der Waals surface area contributed by atoms with Gasteiger partial charge in [-0.1, -0.05) is 133 Å². The summed E-state index contributed by atoms with van der Waals surface area (Å²) in [6.07, 6.45) is -4.63. The summed E-state index contributed by atoms with van der Waals surface area (Å²) in [4.78, 5) is 0. The van der Waals surface area contributed by atoms with E-state index in [1.807, 2.05) is 121 Å². The first-order chi connectivity index (χ1) is 28.5. The summed E-state index contributed by atoms with van der Waals surface area (Å²) in [5.41, 5.74) is 3.92. The molecule has 8 rings (SSSR count). The molecule has 311 valence electrons. The minimum Gasteiger partial charge on any atom is -0.387 e. The van der Waals surface area contributed by atoms with Gasteiger partial charge in [0.25, 0.3) is 0 Å². The first kappa shape index (κ1) is 44.5. The third kappa shape index (κ3) is 11.6. The van der Waals surface area contributed by atoms with Gasteiger partial charge in [0.15, 0.2) is 25.2 Å². The minimum atomic E-state index is -1.18. The molecule has 13 heteroatoms. The molecule has 3 radical (unpaired) electrons. The Hall–Kier alpha value is -4.06. The summed E-state index contributed by atoms with van der Waals surface area (Å²) < 4.78 is 60.2. The van der Waals surface area contributed by atoms with Gasteiger partial charge < -0.3 is 57.6 Å². The molecule has 12 nitrogen and oxygen atoms in total. The molecular weight excluding hydrogens is 755 g/mol. The fraction of sp³-hybridized carbons (Fsp3) is 0.391. The predicted octanol–water partition coefficient (Wildman–Crippen LogP) is 5.57. The molecule has 4 heterocycles. The smallest absolute Gasteiger partial charge is 0.187 e. The Morgan fingerprint density at radius 2 is 0.932 bits per heavy atom. The highest BCUT2D eigenvalue weighted by Crippen LogP contribution is 2.38. The molecule has 4 saturated heterocycles. The molecule has 0 bridgehead atoms. The van der Waals surface area contributed by atoms with Crippen molar-refractivity contribution in [1.29, 1.82) is 0 Å². The molecule has 0 saturated carbocycles. The topological polar surface area (TPSA) is 133 Å². The summed E-state index contributed by atoms with van der Waals surface area (Å²) in [7, 11) is 0. The van der Waals surface area contributed by atoms with E-state index in [0.29, 0.717) is 26.4 Å². The number of hydrogen-bond donors (Lipinski definition) is 2. The summed E-state index contributed by atoms with van der Waals surface area (Å²) in [6.45, 7) is 9.28. The second kappa shape index (κ2) is 22.5. The number of hydrogen-bond acceptors (Lipinski definition) is 12. The summed E-state index contributed by atoms with van der Waals surface area (Å²) in [6, 6.07) is 39.4. The standard InChI is InChI=1S/C30H32O6.C16H20O6.B/c1-2-18-31-30-28(33-20-23-14-8-4-9-15-23)27(32-19-22-12-6-3-7-13-22)26-25(35-30)21-34-29(36-26)24-16-10-5-11-17-24;1-2-8-19-16-13(18)12(17)14-11(21-16)9-20-15(22-14)10-6-4-3-5-7-10;/h2-17,25-30H,1,18-21H2;2-7,11-18H,1,8-9H2;/t25-,26-,27+,28-,29?,30+;11-,12-,13-,14-,15?,16+;/m11./s1. The second-order valence-electron chi connectivity index (χ2n) is 14.2. The molecule has 2 N–H and O–H groups in total. The predicted molar refractivity (Wildman–Crippen MR) is 217 cm³/mol. The first-order valence-electron chi connectivity index (χ1n) is 19.6. The fourth-order valence-electron chi connectivity index (χ4n) is 7.18. The average molecular weight is 808 g/mol. The van der Waals surface area contributed by atoms with Crippen LogP contribution in [0.4, 0.5) is 0 Å². The first-order valence-corrected chi connectivity index (χ1v) is 19.6. The number of aliphatic hydroxyl groups excluding tert-OH is 2. The second-order valence-corrected chi connectivity index (χ2v) is 14.2. The summed E-state index contributed by atoms with van der Waals surface area (Å²) in [5.74, 6) is 0. The van der Waals surface area contributed by atoms with Gasteiger partial charge in [-0.05, 0) is 11.1 Å². The molecule has 4 fully saturated rings. The van der Waals surface area contributed by atoms with Crippen LogP contribution in [0.3, 0.4) is 0 Å². The zero-order chi connectivity index (χ0) is 40.1. The van der Waals surface area contributed by atoms with Crippen molar-refractivity contribution >= 4 is 8.41 Å². The van der Waals surface area contributed by atoms with Gasteiger partial charge in [-0.2, -0.15) is 0 Å². The van der Waals surface area contributed by atoms with Crippen LogP contribution in [-0.2, 0) is 60.6 Å². The van der Waals surface area contributed by atoms with Crippen LogP contribution in [0.15, 0.2) is 147 Å². The van der Waals surface area contributed by atoms with Crippen molar-refractivity contribution in [3.05, 3.63) is 169 Å². The molecule has 0 aromatic heterocycles. The Kier molecular flexibility index (Phi) is 17.0. The summed E-state index contributed by atoms with van der Waals surface area (Å²) >= 11 is 0. The van der Waals surface area contributed by atoms with E-state index in [9.17, 15) is 10.2 Å². The van der Waals surface area contributed by atoms with Gasteiger partial charge in [0.1, 0.15) is 48.8 Å². The van der Waals surface area contributed by atoms with E-state index in [-0.39, 0.29) is 27.7 Å². The number of benzene rings is 4.